The number of aryl methyl sites for hydroxylation is 1. The van der Waals surface area contributed by atoms with Crippen molar-refractivity contribution in [2.75, 3.05) is 11.3 Å². The van der Waals surface area contributed by atoms with Crippen molar-refractivity contribution < 1.29 is 13.2 Å². The lowest BCUT2D eigenvalue weighted by Gasteiger charge is -2.08. The summed E-state index contributed by atoms with van der Waals surface area (Å²) >= 11 is 0. The van der Waals surface area contributed by atoms with E-state index in [9.17, 15) is 13.2 Å². The third-order valence-electron chi connectivity index (χ3n) is 3.90. The van der Waals surface area contributed by atoms with Gasteiger partial charge in [0.2, 0.25) is 0 Å². The van der Waals surface area contributed by atoms with Crippen LogP contribution in [0, 0.1) is 0 Å². The lowest BCUT2D eigenvalue weighted by molar-refractivity contribution is 0.0955. The number of carbonyl (C=O) groups is 1. The summed E-state index contributed by atoms with van der Waals surface area (Å²) in [6, 6.07) is 9.72. The molecule has 3 rings (SSSR count). The Morgan fingerprint density at radius 3 is 2.65 bits per heavy atom. The number of anilines is 1. The number of carbonyl (C=O) groups excluding carboxylic acids is 1. The van der Waals surface area contributed by atoms with Crippen molar-refractivity contribution in [3.63, 3.8) is 0 Å². The Labute approximate surface area is 152 Å². The number of amides is 1. The third-order valence-corrected chi connectivity index (χ3v) is 5.30. The minimum Gasteiger partial charge on any atom is -0.352 e. The summed E-state index contributed by atoms with van der Waals surface area (Å²) in [4.78, 5) is 16.8. The van der Waals surface area contributed by atoms with Crippen molar-refractivity contribution in [1.82, 2.24) is 14.9 Å². The molecule has 0 bridgehead atoms. The molecule has 7 nitrogen and oxygen atoms in total. The van der Waals surface area contributed by atoms with E-state index in [0.29, 0.717) is 28.8 Å². The van der Waals surface area contributed by atoms with Crippen LogP contribution in [-0.4, -0.2) is 30.4 Å². The molecule has 0 fully saturated rings. The first-order valence-corrected chi connectivity index (χ1v) is 9.72. The van der Waals surface area contributed by atoms with Crippen molar-refractivity contribution in [2.45, 2.75) is 18.2 Å². The Kier molecular flexibility index (Phi) is 4.94. The van der Waals surface area contributed by atoms with Crippen LogP contribution in [-0.2, 0) is 17.1 Å². The lowest BCUT2D eigenvalue weighted by atomic mass is 10.2. The normalized spacial score (nSPS) is 11.5. The Morgan fingerprint density at radius 2 is 1.96 bits per heavy atom. The Bertz CT molecular complexity index is 1040. The molecular formula is C18H20N4O3S. The number of aromatic nitrogens is 2. The predicted octanol–water partition coefficient (Wildman–Crippen LogP) is 2.51. The van der Waals surface area contributed by atoms with Gasteiger partial charge in [0.1, 0.15) is 5.65 Å². The molecule has 136 valence electrons. The third kappa shape index (κ3) is 3.55. The van der Waals surface area contributed by atoms with Gasteiger partial charge >= 0.3 is 0 Å². The van der Waals surface area contributed by atoms with Gasteiger partial charge in [0.05, 0.1) is 22.3 Å². The molecule has 0 aliphatic rings. The van der Waals surface area contributed by atoms with E-state index in [2.05, 4.69) is 15.0 Å². The number of fused-ring (bicyclic) bond motifs is 1. The Morgan fingerprint density at radius 1 is 1.23 bits per heavy atom. The first-order valence-electron chi connectivity index (χ1n) is 8.23. The van der Waals surface area contributed by atoms with E-state index in [4.69, 9.17) is 0 Å². The second kappa shape index (κ2) is 7.17. The van der Waals surface area contributed by atoms with Gasteiger partial charge in [-0.15, -0.1) is 0 Å². The average molecular weight is 372 g/mol. The summed E-state index contributed by atoms with van der Waals surface area (Å²) in [5.41, 5.74) is 1.37. The molecule has 0 aliphatic heterocycles. The lowest BCUT2D eigenvalue weighted by Crippen LogP contribution is -2.23. The highest BCUT2D eigenvalue weighted by Crippen LogP contribution is 2.24. The van der Waals surface area contributed by atoms with Gasteiger partial charge in [-0.2, -0.15) is 0 Å². The molecule has 2 heterocycles. The van der Waals surface area contributed by atoms with Crippen LogP contribution < -0.4 is 10.0 Å². The zero-order valence-electron chi connectivity index (χ0n) is 14.6. The van der Waals surface area contributed by atoms with E-state index < -0.39 is 10.0 Å². The van der Waals surface area contributed by atoms with Crippen LogP contribution >= 0.6 is 0 Å². The molecule has 0 saturated carbocycles. The fourth-order valence-corrected chi connectivity index (χ4v) is 3.70. The average Bonchev–Trinajstić information content (AvgIpc) is 2.96. The summed E-state index contributed by atoms with van der Waals surface area (Å²) < 4.78 is 29.2. The zero-order valence-corrected chi connectivity index (χ0v) is 15.4. The van der Waals surface area contributed by atoms with Crippen LogP contribution in [0.5, 0.6) is 0 Å². The standard InChI is InChI=1S/C18H20N4O3S/c1-3-9-19-18(23)16-12-22(2)17-15(16)10-13(11-20-17)21-26(24,25)14-7-5-4-6-8-14/h4-8,10-12,21H,3,9H2,1-2H3,(H,19,23). The molecule has 26 heavy (non-hydrogen) atoms. The Hall–Kier alpha value is -2.87. The van der Waals surface area contributed by atoms with Gasteiger partial charge in [0, 0.05) is 25.2 Å². The molecule has 0 radical (unpaired) electrons. The van der Waals surface area contributed by atoms with E-state index in [1.54, 1.807) is 42.1 Å². The molecule has 8 heteroatoms. The molecule has 0 spiro atoms. The van der Waals surface area contributed by atoms with Crippen molar-refractivity contribution in [2.24, 2.45) is 7.05 Å². The second-order valence-electron chi connectivity index (χ2n) is 5.92. The van der Waals surface area contributed by atoms with E-state index in [-0.39, 0.29) is 10.8 Å². The highest BCUT2D eigenvalue weighted by molar-refractivity contribution is 7.92. The van der Waals surface area contributed by atoms with Gasteiger partial charge in [0.15, 0.2) is 0 Å². The van der Waals surface area contributed by atoms with Gasteiger partial charge in [-0.3, -0.25) is 9.52 Å². The van der Waals surface area contributed by atoms with Crippen molar-refractivity contribution in [3.8, 4) is 0 Å². The number of benzene rings is 1. The Balaban J connectivity index is 1.97. The van der Waals surface area contributed by atoms with Gasteiger partial charge < -0.3 is 9.88 Å². The first-order chi connectivity index (χ1) is 12.4. The maximum absolute atomic E-state index is 12.5. The second-order valence-corrected chi connectivity index (χ2v) is 7.61. The summed E-state index contributed by atoms with van der Waals surface area (Å²) in [5.74, 6) is -0.206. The van der Waals surface area contributed by atoms with Crippen molar-refractivity contribution >= 4 is 32.7 Å². The molecule has 2 N–H and O–H groups in total. The molecule has 0 saturated heterocycles. The van der Waals surface area contributed by atoms with Crippen LogP contribution in [0.3, 0.4) is 0 Å². The van der Waals surface area contributed by atoms with Crippen LogP contribution in [0.2, 0.25) is 0 Å². The summed E-state index contributed by atoms with van der Waals surface area (Å²) in [6.45, 7) is 2.55. The maximum Gasteiger partial charge on any atom is 0.261 e. The van der Waals surface area contributed by atoms with E-state index in [1.807, 2.05) is 6.92 Å². The van der Waals surface area contributed by atoms with Crippen LogP contribution in [0.15, 0.2) is 53.7 Å². The highest BCUT2D eigenvalue weighted by Gasteiger charge is 2.18. The SMILES string of the molecule is CCCNC(=O)c1cn(C)c2ncc(NS(=O)(=O)c3ccccc3)cc12. The smallest absolute Gasteiger partial charge is 0.261 e. The van der Waals surface area contributed by atoms with Gasteiger partial charge in [0.25, 0.3) is 15.9 Å². The summed E-state index contributed by atoms with van der Waals surface area (Å²) in [7, 11) is -1.93. The molecule has 3 aromatic rings. The molecule has 0 aliphatic carbocycles. The van der Waals surface area contributed by atoms with E-state index in [1.165, 1.54) is 18.3 Å². The molecule has 0 unspecified atom stereocenters. The fraction of sp³-hybridized carbons (Fsp3) is 0.222. The van der Waals surface area contributed by atoms with Crippen molar-refractivity contribution in [1.29, 1.82) is 0 Å². The fourth-order valence-electron chi connectivity index (χ4n) is 2.65. The van der Waals surface area contributed by atoms with E-state index in [0.717, 1.165) is 6.42 Å². The number of nitrogens with one attached hydrogen (secondary N) is 2. The molecule has 2 aromatic heterocycles. The maximum atomic E-state index is 12.5. The number of sulfonamides is 1. The summed E-state index contributed by atoms with van der Waals surface area (Å²) in [6.07, 6.45) is 3.96. The van der Waals surface area contributed by atoms with Gasteiger partial charge in [-0.05, 0) is 24.6 Å². The van der Waals surface area contributed by atoms with Gasteiger partial charge in [-0.25, -0.2) is 13.4 Å². The quantitative estimate of drug-likeness (QED) is 0.695. The van der Waals surface area contributed by atoms with E-state index >= 15 is 0 Å². The topological polar surface area (TPSA) is 93.1 Å². The van der Waals surface area contributed by atoms with Gasteiger partial charge in [-0.1, -0.05) is 25.1 Å². The largest absolute Gasteiger partial charge is 0.352 e. The molecule has 1 aromatic carbocycles. The highest BCUT2D eigenvalue weighted by atomic mass is 32.2. The number of nitrogens with zero attached hydrogens (tertiary/aromatic N) is 2. The van der Waals surface area contributed by atoms with Crippen LogP contribution in [0.4, 0.5) is 5.69 Å². The minimum absolute atomic E-state index is 0.161. The molecule has 0 atom stereocenters. The van der Waals surface area contributed by atoms with Crippen LogP contribution in [0.25, 0.3) is 11.0 Å². The number of pyridine rings is 1. The number of hydrogen-bond acceptors (Lipinski definition) is 4. The molecular weight excluding hydrogens is 352 g/mol. The first kappa shape index (κ1) is 17.9. The van der Waals surface area contributed by atoms with Crippen LogP contribution in [0.1, 0.15) is 23.7 Å². The molecule has 1 amide bonds. The number of rotatable bonds is 6. The van der Waals surface area contributed by atoms with Crippen molar-refractivity contribution in [3.05, 3.63) is 54.4 Å². The number of hydrogen-bond donors (Lipinski definition) is 2. The summed E-state index contributed by atoms with van der Waals surface area (Å²) in [5, 5.41) is 3.42. The monoisotopic (exact) mass is 372 g/mol. The predicted molar refractivity (Wildman–Crippen MR) is 101 cm³/mol. The minimum atomic E-state index is -3.72. The zero-order chi connectivity index (χ0) is 18.7.